The van der Waals surface area contributed by atoms with Gasteiger partial charge in [0.05, 0.1) is 23.7 Å². The fraction of sp³-hybridized carbons (Fsp3) is 0.343. The third-order valence-electron chi connectivity index (χ3n) is 7.86. The van der Waals surface area contributed by atoms with Crippen LogP contribution in [0.5, 0.6) is 0 Å². The highest BCUT2D eigenvalue weighted by Gasteiger charge is 2.37. The molecule has 4 aromatic rings. The maximum atomic E-state index is 16.3. The van der Waals surface area contributed by atoms with Gasteiger partial charge in [-0.3, -0.25) is 4.79 Å². The number of aryl methyl sites for hydroxylation is 2. The van der Waals surface area contributed by atoms with E-state index in [4.69, 9.17) is 4.74 Å². The maximum absolute atomic E-state index is 16.3. The fourth-order valence-corrected chi connectivity index (χ4v) is 5.45. The first-order chi connectivity index (χ1) is 22.4. The molecule has 7 nitrogen and oxygen atoms in total. The van der Waals surface area contributed by atoms with E-state index in [1.54, 1.807) is 53.2 Å². The summed E-state index contributed by atoms with van der Waals surface area (Å²) in [5.74, 6) is -3.75. The average Bonchev–Trinajstić information content (AvgIpc) is 3.77. The first-order valence-corrected chi connectivity index (χ1v) is 15.2. The third-order valence-corrected chi connectivity index (χ3v) is 7.86. The van der Waals surface area contributed by atoms with Gasteiger partial charge in [-0.25, -0.2) is 18.0 Å². The van der Waals surface area contributed by atoms with Gasteiger partial charge in [0, 0.05) is 25.0 Å². The normalized spacial score (nSPS) is 14.6. The number of alkyl halides is 3. The monoisotopic (exact) mass is 672 g/mol. The molecule has 1 N–H and O–H groups in total. The molecular weight excluding hydrogens is 638 g/mol. The number of halogens is 6. The number of aromatic nitrogens is 2. The first-order valence-electron chi connectivity index (χ1n) is 15.2. The Morgan fingerprint density at radius 1 is 0.979 bits per heavy atom. The predicted molar refractivity (Wildman–Crippen MR) is 165 cm³/mol. The molecule has 1 fully saturated rings. The average molecular weight is 673 g/mol. The zero-order valence-corrected chi connectivity index (χ0v) is 26.9. The van der Waals surface area contributed by atoms with Crippen LogP contribution in [-0.4, -0.2) is 26.7 Å². The molecule has 254 valence electrons. The van der Waals surface area contributed by atoms with Gasteiger partial charge in [-0.15, -0.1) is 4.99 Å². The Kier molecular flexibility index (Phi) is 9.35. The highest BCUT2D eigenvalue weighted by Crippen LogP contribution is 2.42. The minimum atomic E-state index is -5.05. The lowest BCUT2D eigenvalue weighted by Crippen LogP contribution is -2.31. The van der Waals surface area contributed by atoms with Crippen LogP contribution in [0.1, 0.15) is 72.3 Å². The van der Waals surface area contributed by atoms with Crippen molar-refractivity contribution in [3.8, 4) is 11.1 Å². The summed E-state index contributed by atoms with van der Waals surface area (Å²) in [6.07, 6.45) is -1.30. The van der Waals surface area contributed by atoms with Crippen molar-refractivity contribution in [3.05, 3.63) is 112 Å². The van der Waals surface area contributed by atoms with E-state index in [2.05, 4.69) is 10.3 Å². The molecule has 0 saturated heterocycles. The maximum Gasteiger partial charge on any atom is 0.437 e. The Morgan fingerprint density at radius 3 is 2.31 bits per heavy atom. The van der Waals surface area contributed by atoms with Crippen LogP contribution in [0.25, 0.3) is 11.1 Å². The van der Waals surface area contributed by atoms with Crippen molar-refractivity contribution in [1.29, 1.82) is 0 Å². The van der Waals surface area contributed by atoms with E-state index >= 15 is 4.39 Å². The van der Waals surface area contributed by atoms with Crippen LogP contribution < -0.4 is 10.9 Å². The zero-order chi connectivity index (χ0) is 35.1. The number of hydrogen-bond donors (Lipinski definition) is 1. The van der Waals surface area contributed by atoms with Crippen LogP contribution in [-0.2, 0) is 24.5 Å². The zero-order valence-electron chi connectivity index (χ0n) is 26.9. The smallest absolute Gasteiger partial charge is 0.437 e. The molecule has 48 heavy (non-hydrogen) atoms. The molecule has 1 aromatic heterocycles. The number of imidazole rings is 1. The molecule has 1 saturated carbocycles. The second kappa shape index (κ2) is 13.0. The minimum absolute atomic E-state index is 0.00430. The van der Waals surface area contributed by atoms with Crippen LogP contribution in [0, 0.1) is 30.3 Å². The van der Waals surface area contributed by atoms with Gasteiger partial charge in [-0.05, 0) is 99.0 Å². The number of hydrogen-bond acceptors (Lipinski definition) is 3. The van der Waals surface area contributed by atoms with Crippen molar-refractivity contribution < 1.29 is 40.7 Å². The van der Waals surface area contributed by atoms with E-state index in [1.807, 2.05) is 0 Å². The number of amides is 2. The molecule has 1 aliphatic rings. The number of nitrogens with zero attached hydrogens (tertiary/aromatic N) is 3. The number of rotatable bonds is 7. The van der Waals surface area contributed by atoms with E-state index in [0.717, 1.165) is 31.0 Å². The molecule has 2 amide bonds. The highest BCUT2D eigenvalue weighted by atomic mass is 19.4. The summed E-state index contributed by atoms with van der Waals surface area (Å²) in [7, 11) is 1.61. The third kappa shape index (κ3) is 7.83. The number of benzene rings is 3. The fourth-order valence-electron chi connectivity index (χ4n) is 5.45. The predicted octanol–water partition coefficient (Wildman–Crippen LogP) is 8.00. The summed E-state index contributed by atoms with van der Waals surface area (Å²) in [6, 6.07) is 8.00. The van der Waals surface area contributed by atoms with Gasteiger partial charge in [-0.2, -0.15) is 13.2 Å². The van der Waals surface area contributed by atoms with Gasteiger partial charge in [0.25, 0.3) is 5.91 Å². The van der Waals surface area contributed by atoms with Gasteiger partial charge >= 0.3 is 12.3 Å². The van der Waals surface area contributed by atoms with E-state index in [-0.39, 0.29) is 29.7 Å². The molecule has 13 heteroatoms. The summed E-state index contributed by atoms with van der Waals surface area (Å²) in [5.41, 5.74) is -2.79. The highest BCUT2D eigenvalue weighted by molar-refractivity contribution is 5.96. The first kappa shape index (κ1) is 34.5. The standard InChI is InChI=1S/C35H34F6N4O3/c1-19-14-22(8-11-28(19)37)30(21-6-7-21)42-31(46)26-16-20(18-45-13-12-44(5)32(45)43-33(47)48-34(2,3)4)15-25(29(26)38)24-10-9-23(36)17-27(24)35(39,40)41/h8-17,21,30H,6-7,18H2,1-5H3,(H,42,46)/b43-32-/t30-/m0/s1. The van der Waals surface area contributed by atoms with E-state index < -0.39 is 69.5 Å². The minimum Gasteiger partial charge on any atom is -0.442 e. The molecule has 5 rings (SSSR count). The lowest BCUT2D eigenvalue weighted by atomic mass is 9.93. The number of carbonyl (C=O) groups excluding carboxylic acids is 2. The second-order valence-electron chi connectivity index (χ2n) is 12.9. The summed E-state index contributed by atoms with van der Waals surface area (Å²) in [4.78, 5) is 30.3. The number of ether oxygens (including phenoxy) is 1. The summed E-state index contributed by atoms with van der Waals surface area (Å²) in [6.45, 7) is 6.43. The molecule has 0 radical (unpaired) electrons. The van der Waals surface area contributed by atoms with Gasteiger partial charge in [0.2, 0.25) is 5.62 Å². The van der Waals surface area contributed by atoms with Gasteiger partial charge < -0.3 is 19.2 Å². The Labute approximate surface area is 272 Å². The second-order valence-corrected chi connectivity index (χ2v) is 12.9. The van der Waals surface area contributed by atoms with Crippen molar-refractivity contribution in [2.24, 2.45) is 18.0 Å². The topological polar surface area (TPSA) is 77.6 Å². The van der Waals surface area contributed by atoms with E-state index in [1.165, 1.54) is 27.3 Å². The van der Waals surface area contributed by atoms with Crippen molar-refractivity contribution in [2.45, 2.75) is 64.9 Å². The molecule has 3 aromatic carbocycles. The molecule has 0 spiro atoms. The molecule has 1 heterocycles. The van der Waals surface area contributed by atoms with Gasteiger partial charge in [0.1, 0.15) is 23.1 Å². The number of nitrogens with one attached hydrogen (secondary N) is 1. The summed E-state index contributed by atoms with van der Waals surface area (Å²) < 4.78 is 95.0. The summed E-state index contributed by atoms with van der Waals surface area (Å²) >= 11 is 0. The van der Waals surface area contributed by atoms with E-state index in [9.17, 15) is 31.5 Å². The molecular formula is C35H34F6N4O3. The van der Waals surface area contributed by atoms with Crippen LogP contribution in [0.3, 0.4) is 0 Å². The van der Waals surface area contributed by atoms with Crippen LogP contribution in [0.15, 0.2) is 65.9 Å². The Bertz CT molecular complexity index is 1950. The van der Waals surface area contributed by atoms with Crippen molar-refractivity contribution in [3.63, 3.8) is 0 Å². The van der Waals surface area contributed by atoms with Crippen LogP contribution in [0.2, 0.25) is 0 Å². The lowest BCUT2D eigenvalue weighted by Gasteiger charge is -2.21. The van der Waals surface area contributed by atoms with Gasteiger partial charge in [-0.1, -0.05) is 18.2 Å². The largest absolute Gasteiger partial charge is 0.442 e. The molecule has 1 aliphatic carbocycles. The van der Waals surface area contributed by atoms with Crippen molar-refractivity contribution >= 4 is 12.0 Å². The Balaban J connectivity index is 1.63. The Morgan fingerprint density at radius 2 is 1.69 bits per heavy atom. The quantitative estimate of drug-likeness (QED) is 0.202. The lowest BCUT2D eigenvalue weighted by molar-refractivity contribution is -0.137. The SMILES string of the molecule is Cc1cc([C@@H](NC(=O)c2cc(Cn3ccn(C)/c3=N/C(=O)OC(C)(C)C)cc(-c3ccc(F)cc3C(F)(F)F)c2F)C2CC2)ccc1F. The molecule has 0 aliphatic heterocycles. The molecule has 0 bridgehead atoms. The van der Waals surface area contributed by atoms with Crippen LogP contribution >= 0.6 is 0 Å². The van der Waals surface area contributed by atoms with Crippen LogP contribution in [0.4, 0.5) is 31.1 Å². The molecule has 1 atom stereocenters. The summed E-state index contributed by atoms with van der Waals surface area (Å²) in [5, 5.41) is 2.81. The Hall–Kier alpha value is -4.81. The van der Waals surface area contributed by atoms with Crippen molar-refractivity contribution in [1.82, 2.24) is 14.5 Å². The number of carbonyl (C=O) groups is 2. The van der Waals surface area contributed by atoms with Gasteiger partial charge in [0.15, 0.2) is 0 Å². The van der Waals surface area contributed by atoms with E-state index in [0.29, 0.717) is 11.1 Å². The van der Waals surface area contributed by atoms with Crippen molar-refractivity contribution in [2.75, 3.05) is 0 Å². The molecule has 0 unspecified atom stereocenters.